The van der Waals surface area contributed by atoms with Crippen molar-refractivity contribution in [2.45, 2.75) is 26.8 Å². The molecule has 2 N–H and O–H groups in total. The van der Waals surface area contributed by atoms with Crippen LogP contribution in [0.25, 0.3) is 5.82 Å². The number of aryl methyl sites for hydroxylation is 2. The Bertz CT molecular complexity index is 441. The maximum atomic E-state index is 5.99. The average molecular weight is 205 g/mol. The fourth-order valence-electron chi connectivity index (χ4n) is 1.61. The Morgan fingerprint density at radius 2 is 2.27 bits per heavy atom. The summed E-state index contributed by atoms with van der Waals surface area (Å²) in [4.78, 5) is 4.02. The van der Waals surface area contributed by atoms with Crippen LogP contribution in [0.1, 0.15) is 19.0 Å². The van der Waals surface area contributed by atoms with Gasteiger partial charge < -0.3 is 5.73 Å². The van der Waals surface area contributed by atoms with E-state index in [1.165, 1.54) is 0 Å². The first-order chi connectivity index (χ1) is 7.24. The highest BCUT2D eigenvalue weighted by molar-refractivity contribution is 5.57. The summed E-state index contributed by atoms with van der Waals surface area (Å²) in [5.41, 5.74) is 7.58. The van der Waals surface area contributed by atoms with Crippen molar-refractivity contribution in [3.8, 4) is 5.82 Å². The minimum absolute atomic E-state index is 0.724. The molecule has 0 aliphatic carbocycles. The van der Waals surface area contributed by atoms with Gasteiger partial charge in [-0.2, -0.15) is 5.10 Å². The largest absolute Gasteiger partial charge is 0.394 e. The Labute approximate surface area is 88.5 Å². The van der Waals surface area contributed by atoms with E-state index < -0.39 is 0 Å². The van der Waals surface area contributed by atoms with Gasteiger partial charge in [-0.3, -0.25) is 4.57 Å². The van der Waals surface area contributed by atoms with Crippen molar-refractivity contribution in [2.75, 3.05) is 5.73 Å². The molecule has 0 aliphatic rings. The van der Waals surface area contributed by atoms with E-state index in [2.05, 4.69) is 17.0 Å². The van der Waals surface area contributed by atoms with E-state index in [0.29, 0.717) is 0 Å². The van der Waals surface area contributed by atoms with Crippen LogP contribution in [0, 0.1) is 6.92 Å². The molecule has 0 aromatic carbocycles. The molecule has 15 heavy (non-hydrogen) atoms. The summed E-state index contributed by atoms with van der Waals surface area (Å²) in [6.45, 7) is 4.90. The molecule has 2 rings (SSSR count). The van der Waals surface area contributed by atoms with Gasteiger partial charge in [0.05, 0.1) is 11.4 Å². The molecule has 0 atom stereocenters. The smallest absolute Gasteiger partial charge is 0.160 e. The van der Waals surface area contributed by atoms with Crippen LogP contribution < -0.4 is 5.73 Å². The fourth-order valence-corrected chi connectivity index (χ4v) is 1.61. The minimum Gasteiger partial charge on any atom is -0.394 e. The molecule has 0 aliphatic heterocycles. The van der Waals surface area contributed by atoms with Gasteiger partial charge in [0.15, 0.2) is 5.82 Å². The quantitative estimate of drug-likeness (QED) is 0.823. The third-order valence-corrected chi connectivity index (χ3v) is 2.33. The summed E-state index contributed by atoms with van der Waals surface area (Å²) in [5, 5.41) is 4.40. The van der Waals surface area contributed by atoms with Crippen molar-refractivity contribution >= 4 is 5.69 Å². The molecule has 2 aromatic rings. The van der Waals surface area contributed by atoms with E-state index in [0.717, 1.165) is 30.2 Å². The monoisotopic (exact) mass is 205 g/mol. The van der Waals surface area contributed by atoms with E-state index in [9.17, 15) is 0 Å². The molecule has 0 unspecified atom stereocenters. The number of anilines is 1. The zero-order chi connectivity index (χ0) is 10.8. The van der Waals surface area contributed by atoms with Crippen LogP contribution in [0.2, 0.25) is 0 Å². The molecule has 5 heteroatoms. The molecule has 80 valence electrons. The number of nitrogens with zero attached hydrogens (tertiary/aromatic N) is 4. The molecular formula is C10H15N5. The summed E-state index contributed by atoms with van der Waals surface area (Å²) >= 11 is 0. The second-order valence-electron chi connectivity index (χ2n) is 3.52. The SMILES string of the molecule is CCCn1nc(C)c(N)c1-n1ccnc1. The van der Waals surface area contributed by atoms with Crippen LogP contribution >= 0.6 is 0 Å². The van der Waals surface area contributed by atoms with Gasteiger partial charge in [0.2, 0.25) is 0 Å². The van der Waals surface area contributed by atoms with Crippen LogP contribution in [0.3, 0.4) is 0 Å². The second-order valence-corrected chi connectivity index (χ2v) is 3.52. The van der Waals surface area contributed by atoms with Gasteiger partial charge in [-0.25, -0.2) is 9.67 Å². The molecular weight excluding hydrogens is 190 g/mol. The number of aromatic nitrogens is 4. The number of rotatable bonds is 3. The molecule has 0 spiro atoms. The van der Waals surface area contributed by atoms with Gasteiger partial charge in [0.25, 0.3) is 0 Å². The van der Waals surface area contributed by atoms with E-state index in [1.54, 1.807) is 12.5 Å². The van der Waals surface area contributed by atoms with Crippen LogP contribution in [-0.2, 0) is 6.54 Å². The Balaban J connectivity index is 2.53. The Kier molecular flexibility index (Phi) is 2.45. The molecule has 0 radical (unpaired) electrons. The van der Waals surface area contributed by atoms with E-state index in [1.807, 2.05) is 22.4 Å². The molecule has 0 saturated heterocycles. The summed E-state index contributed by atoms with van der Waals surface area (Å²) in [6, 6.07) is 0. The van der Waals surface area contributed by atoms with E-state index in [-0.39, 0.29) is 0 Å². The average Bonchev–Trinajstić information content (AvgIpc) is 2.78. The highest BCUT2D eigenvalue weighted by Gasteiger charge is 2.12. The van der Waals surface area contributed by atoms with Crippen molar-refractivity contribution < 1.29 is 0 Å². The van der Waals surface area contributed by atoms with Gasteiger partial charge in [0, 0.05) is 18.9 Å². The summed E-state index contributed by atoms with van der Waals surface area (Å²) in [6.07, 6.45) is 6.37. The lowest BCUT2D eigenvalue weighted by Crippen LogP contribution is -2.07. The third kappa shape index (κ3) is 1.60. The first-order valence-corrected chi connectivity index (χ1v) is 5.05. The Hall–Kier alpha value is -1.78. The fraction of sp³-hybridized carbons (Fsp3) is 0.400. The van der Waals surface area contributed by atoms with Crippen molar-refractivity contribution in [1.29, 1.82) is 0 Å². The molecule has 0 saturated carbocycles. The van der Waals surface area contributed by atoms with Crippen LogP contribution in [-0.4, -0.2) is 19.3 Å². The van der Waals surface area contributed by atoms with Crippen LogP contribution in [0.15, 0.2) is 18.7 Å². The predicted molar refractivity (Wildman–Crippen MR) is 58.8 cm³/mol. The number of hydrogen-bond acceptors (Lipinski definition) is 3. The van der Waals surface area contributed by atoms with Gasteiger partial charge in [-0.1, -0.05) is 6.92 Å². The number of nitrogens with two attached hydrogens (primary N) is 1. The lowest BCUT2D eigenvalue weighted by molar-refractivity contribution is 0.584. The lowest BCUT2D eigenvalue weighted by atomic mass is 10.4. The van der Waals surface area contributed by atoms with Crippen molar-refractivity contribution in [2.24, 2.45) is 0 Å². The molecule has 0 bridgehead atoms. The zero-order valence-electron chi connectivity index (χ0n) is 9.01. The van der Waals surface area contributed by atoms with Crippen LogP contribution in [0.5, 0.6) is 0 Å². The number of hydrogen-bond donors (Lipinski definition) is 1. The standard InChI is InChI=1S/C10H15N5/c1-3-5-15-10(9(11)8(2)13-15)14-6-4-12-7-14/h4,6-7H,3,5,11H2,1-2H3. The van der Waals surface area contributed by atoms with Gasteiger partial charge >= 0.3 is 0 Å². The minimum atomic E-state index is 0.724. The summed E-state index contributed by atoms with van der Waals surface area (Å²) < 4.78 is 3.82. The maximum absolute atomic E-state index is 5.99. The van der Waals surface area contributed by atoms with Crippen molar-refractivity contribution in [3.63, 3.8) is 0 Å². The first kappa shape index (κ1) is 9.76. The van der Waals surface area contributed by atoms with E-state index >= 15 is 0 Å². The highest BCUT2D eigenvalue weighted by Crippen LogP contribution is 2.20. The normalized spacial score (nSPS) is 10.8. The second kappa shape index (κ2) is 3.76. The molecule has 0 fully saturated rings. The lowest BCUT2D eigenvalue weighted by Gasteiger charge is -2.06. The Morgan fingerprint density at radius 3 is 2.87 bits per heavy atom. The number of nitrogen functional groups attached to an aromatic ring is 1. The van der Waals surface area contributed by atoms with Crippen LogP contribution in [0.4, 0.5) is 5.69 Å². The molecule has 2 heterocycles. The van der Waals surface area contributed by atoms with Crippen molar-refractivity contribution in [1.82, 2.24) is 19.3 Å². The highest BCUT2D eigenvalue weighted by atomic mass is 15.4. The predicted octanol–water partition coefficient (Wildman–Crippen LogP) is 1.37. The van der Waals surface area contributed by atoms with Gasteiger partial charge in [-0.15, -0.1) is 0 Å². The van der Waals surface area contributed by atoms with Crippen molar-refractivity contribution in [3.05, 3.63) is 24.4 Å². The Morgan fingerprint density at radius 1 is 1.47 bits per heavy atom. The van der Waals surface area contributed by atoms with Gasteiger partial charge in [-0.05, 0) is 13.3 Å². The number of imidazole rings is 1. The van der Waals surface area contributed by atoms with E-state index in [4.69, 9.17) is 5.73 Å². The molecule has 2 aromatic heterocycles. The third-order valence-electron chi connectivity index (χ3n) is 2.33. The first-order valence-electron chi connectivity index (χ1n) is 5.05. The van der Waals surface area contributed by atoms with Gasteiger partial charge in [0.1, 0.15) is 6.33 Å². The summed E-state index contributed by atoms with van der Waals surface area (Å²) in [5.74, 6) is 0.909. The maximum Gasteiger partial charge on any atom is 0.160 e. The zero-order valence-corrected chi connectivity index (χ0v) is 9.01. The molecule has 5 nitrogen and oxygen atoms in total. The topological polar surface area (TPSA) is 61.7 Å². The molecule has 0 amide bonds. The summed E-state index contributed by atoms with van der Waals surface area (Å²) in [7, 11) is 0.